The van der Waals surface area contributed by atoms with Crippen molar-refractivity contribution in [1.82, 2.24) is 5.32 Å². The molecular weight excluding hydrogens is 253 g/mol. The molecule has 2 nitrogen and oxygen atoms in total. The Morgan fingerprint density at radius 2 is 2.10 bits per heavy atom. The predicted molar refractivity (Wildman–Crippen MR) is 78.4 cm³/mol. The van der Waals surface area contributed by atoms with Gasteiger partial charge in [0.15, 0.2) is 0 Å². The van der Waals surface area contributed by atoms with E-state index in [1.807, 2.05) is 6.07 Å². The maximum Gasteiger partial charge on any atom is 0.127 e. The first-order valence-corrected chi connectivity index (χ1v) is 7.75. The molecule has 1 aromatic carbocycles. The van der Waals surface area contributed by atoms with Crippen LogP contribution in [-0.4, -0.2) is 12.1 Å². The minimum atomic E-state index is -0.212. The maximum atomic E-state index is 13.5. The lowest BCUT2D eigenvalue weighted by molar-refractivity contribution is -0.0873. The molecule has 1 aliphatic carbocycles. The third kappa shape index (κ3) is 2.32. The zero-order valence-corrected chi connectivity index (χ0v) is 12.6. The van der Waals surface area contributed by atoms with Gasteiger partial charge in [0.05, 0.1) is 0 Å². The second-order valence-corrected chi connectivity index (χ2v) is 6.69. The fourth-order valence-corrected chi connectivity index (χ4v) is 3.69. The molecule has 1 fully saturated rings. The smallest absolute Gasteiger partial charge is 0.127 e. The van der Waals surface area contributed by atoms with Crippen molar-refractivity contribution in [3.05, 3.63) is 29.6 Å². The van der Waals surface area contributed by atoms with Crippen molar-refractivity contribution < 1.29 is 9.13 Å². The van der Waals surface area contributed by atoms with Crippen LogP contribution in [0.2, 0.25) is 0 Å². The van der Waals surface area contributed by atoms with Gasteiger partial charge in [0.2, 0.25) is 0 Å². The first-order valence-electron chi connectivity index (χ1n) is 7.75. The lowest BCUT2D eigenvalue weighted by Crippen LogP contribution is -2.54. The Kier molecular flexibility index (Phi) is 3.49. The molecule has 1 aliphatic heterocycles. The highest BCUT2D eigenvalue weighted by molar-refractivity contribution is 5.40. The van der Waals surface area contributed by atoms with Crippen LogP contribution in [-0.2, 0) is 0 Å². The summed E-state index contributed by atoms with van der Waals surface area (Å²) in [6.45, 7) is 7.58. The summed E-state index contributed by atoms with van der Waals surface area (Å²) >= 11 is 0. The molecule has 1 N–H and O–H groups in total. The van der Waals surface area contributed by atoms with Gasteiger partial charge >= 0.3 is 0 Å². The van der Waals surface area contributed by atoms with E-state index in [0.29, 0.717) is 5.92 Å². The Morgan fingerprint density at radius 1 is 1.35 bits per heavy atom. The zero-order valence-electron chi connectivity index (χ0n) is 12.6. The Labute approximate surface area is 120 Å². The molecule has 1 aromatic rings. The van der Waals surface area contributed by atoms with E-state index in [4.69, 9.17) is 4.74 Å². The first-order chi connectivity index (χ1) is 9.53. The second kappa shape index (κ2) is 5.03. The molecule has 3 rings (SSSR count). The van der Waals surface area contributed by atoms with Crippen molar-refractivity contribution in [2.75, 3.05) is 6.54 Å². The fraction of sp³-hybridized carbons (Fsp3) is 0.647. The maximum absolute atomic E-state index is 13.5. The fourth-order valence-electron chi connectivity index (χ4n) is 3.69. The summed E-state index contributed by atoms with van der Waals surface area (Å²) in [7, 11) is 0. The lowest BCUT2D eigenvalue weighted by atomic mass is 9.62. The van der Waals surface area contributed by atoms with Gasteiger partial charge in [-0.15, -0.1) is 0 Å². The summed E-state index contributed by atoms with van der Waals surface area (Å²) < 4.78 is 19.7. The van der Waals surface area contributed by atoms with Crippen LogP contribution >= 0.6 is 0 Å². The molecule has 0 bridgehead atoms. The van der Waals surface area contributed by atoms with Gasteiger partial charge in [-0.3, -0.25) is 0 Å². The second-order valence-electron chi connectivity index (χ2n) is 6.69. The molecule has 1 atom stereocenters. The van der Waals surface area contributed by atoms with Crippen LogP contribution in [0.1, 0.15) is 51.6 Å². The normalized spacial score (nSPS) is 31.9. The van der Waals surface area contributed by atoms with Gasteiger partial charge < -0.3 is 10.1 Å². The van der Waals surface area contributed by atoms with E-state index in [9.17, 15) is 4.39 Å². The molecule has 1 heterocycles. The molecule has 0 saturated heterocycles. The number of halogens is 1. The van der Waals surface area contributed by atoms with Gasteiger partial charge in [-0.1, -0.05) is 26.8 Å². The van der Waals surface area contributed by atoms with E-state index in [1.54, 1.807) is 6.07 Å². The topological polar surface area (TPSA) is 21.3 Å². The van der Waals surface area contributed by atoms with E-state index in [0.717, 1.165) is 43.0 Å². The van der Waals surface area contributed by atoms with Crippen LogP contribution < -0.4 is 10.1 Å². The summed E-state index contributed by atoms with van der Waals surface area (Å²) in [5.41, 5.74) is 1.04. The van der Waals surface area contributed by atoms with Gasteiger partial charge in [0.25, 0.3) is 0 Å². The Balaban J connectivity index is 1.85. The standard InChI is InChI=1S/C17H24FNO/c1-4-19-15-10-17(8-12(9-17)11(2)3)20-16-7-13(18)5-6-14(15)16/h5-7,11-12,15,19H,4,8-10H2,1-3H3. The molecule has 0 amide bonds. The average Bonchev–Trinajstić information content (AvgIpc) is 2.35. The van der Waals surface area contributed by atoms with E-state index >= 15 is 0 Å². The van der Waals surface area contributed by atoms with E-state index in [1.165, 1.54) is 6.07 Å². The van der Waals surface area contributed by atoms with E-state index in [2.05, 4.69) is 26.1 Å². The van der Waals surface area contributed by atoms with Crippen LogP contribution in [0.5, 0.6) is 5.75 Å². The van der Waals surface area contributed by atoms with E-state index < -0.39 is 0 Å². The van der Waals surface area contributed by atoms with Crippen LogP contribution in [0.4, 0.5) is 4.39 Å². The number of hydrogen-bond donors (Lipinski definition) is 1. The van der Waals surface area contributed by atoms with Gasteiger partial charge in [0.1, 0.15) is 17.2 Å². The summed E-state index contributed by atoms with van der Waals surface area (Å²) in [6.07, 6.45) is 3.20. The summed E-state index contributed by atoms with van der Waals surface area (Å²) in [5.74, 6) is 1.98. The predicted octanol–water partition coefficient (Wildman–Crippen LogP) is 4.06. The van der Waals surface area contributed by atoms with Crippen LogP contribution in [0, 0.1) is 17.7 Å². The number of nitrogens with one attached hydrogen (secondary N) is 1. The molecule has 2 aliphatic rings. The molecule has 110 valence electrons. The highest BCUT2D eigenvalue weighted by Gasteiger charge is 2.51. The minimum Gasteiger partial charge on any atom is -0.487 e. The van der Waals surface area contributed by atoms with Crippen LogP contribution in [0.15, 0.2) is 18.2 Å². The number of rotatable bonds is 3. The van der Waals surface area contributed by atoms with Crippen molar-refractivity contribution in [1.29, 1.82) is 0 Å². The molecule has 0 aromatic heterocycles. The number of benzene rings is 1. The largest absolute Gasteiger partial charge is 0.487 e. The first kappa shape index (κ1) is 13.9. The number of hydrogen-bond acceptors (Lipinski definition) is 2. The molecular formula is C17H24FNO. The van der Waals surface area contributed by atoms with Crippen molar-refractivity contribution in [3.8, 4) is 5.75 Å². The van der Waals surface area contributed by atoms with E-state index in [-0.39, 0.29) is 17.5 Å². The van der Waals surface area contributed by atoms with Crippen LogP contribution in [0.25, 0.3) is 0 Å². The highest BCUT2D eigenvalue weighted by Crippen LogP contribution is 2.53. The molecule has 1 spiro atoms. The monoisotopic (exact) mass is 277 g/mol. The zero-order chi connectivity index (χ0) is 14.3. The third-order valence-electron chi connectivity index (χ3n) is 4.92. The lowest BCUT2D eigenvalue weighted by Gasteiger charge is -2.53. The van der Waals surface area contributed by atoms with Crippen molar-refractivity contribution in [2.45, 2.75) is 51.7 Å². The minimum absolute atomic E-state index is 0.0669. The SMILES string of the molecule is CCNC1CC2(CC(C(C)C)C2)Oc2cc(F)ccc21. The van der Waals surface area contributed by atoms with Gasteiger partial charge in [0, 0.05) is 24.1 Å². The summed E-state index contributed by atoms with van der Waals surface area (Å²) in [6, 6.07) is 5.23. The quantitative estimate of drug-likeness (QED) is 0.899. The molecule has 20 heavy (non-hydrogen) atoms. The molecule has 1 saturated carbocycles. The average molecular weight is 277 g/mol. The molecule has 1 unspecified atom stereocenters. The number of ether oxygens (including phenoxy) is 1. The van der Waals surface area contributed by atoms with Gasteiger partial charge in [-0.05, 0) is 37.3 Å². The van der Waals surface area contributed by atoms with Crippen LogP contribution in [0.3, 0.4) is 0 Å². The summed E-state index contributed by atoms with van der Waals surface area (Å²) in [4.78, 5) is 0. The number of fused-ring (bicyclic) bond motifs is 1. The van der Waals surface area contributed by atoms with Gasteiger partial charge in [-0.25, -0.2) is 4.39 Å². The highest BCUT2D eigenvalue weighted by atomic mass is 19.1. The molecule has 3 heteroatoms. The van der Waals surface area contributed by atoms with Gasteiger partial charge in [-0.2, -0.15) is 0 Å². The Bertz CT molecular complexity index is 494. The molecule has 0 radical (unpaired) electrons. The van der Waals surface area contributed by atoms with Crippen molar-refractivity contribution >= 4 is 0 Å². The Morgan fingerprint density at radius 3 is 2.75 bits per heavy atom. The summed E-state index contributed by atoms with van der Waals surface area (Å²) in [5, 5.41) is 3.53. The van der Waals surface area contributed by atoms with Crippen molar-refractivity contribution in [3.63, 3.8) is 0 Å². The Hall–Kier alpha value is -1.09. The van der Waals surface area contributed by atoms with Crippen molar-refractivity contribution in [2.24, 2.45) is 11.8 Å². The third-order valence-corrected chi connectivity index (χ3v) is 4.92.